The zero-order valence-corrected chi connectivity index (χ0v) is 14.7. The Balaban J connectivity index is 1.79. The highest BCUT2D eigenvalue weighted by molar-refractivity contribution is 6.15. The second-order valence-corrected chi connectivity index (χ2v) is 6.80. The van der Waals surface area contributed by atoms with Gasteiger partial charge in [0, 0.05) is 33.1 Å². The lowest BCUT2D eigenvalue weighted by atomic mass is 10.2. The van der Waals surface area contributed by atoms with Gasteiger partial charge >= 0.3 is 11.9 Å². The minimum Gasteiger partial charge on any atom is -0.419 e. The number of carbonyl (C=O) groups excluding carboxylic acids is 2. The Kier molecular flexibility index (Phi) is 4.97. The number of anilines is 2. The molecule has 1 aromatic carbocycles. The molecule has 25 heavy (non-hydrogen) atoms. The van der Waals surface area contributed by atoms with Gasteiger partial charge in [-0.05, 0) is 25.0 Å². The third-order valence-electron chi connectivity index (χ3n) is 4.34. The quantitative estimate of drug-likeness (QED) is 0.516. The Hall–Kier alpha value is -2.50. The molecule has 1 aromatic rings. The summed E-state index contributed by atoms with van der Waals surface area (Å²) in [6, 6.07) is 7.89. The molecule has 0 unspecified atom stereocenters. The number of ether oxygens (including phenoxy) is 2. The number of rotatable bonds is 3. The average molecular weight is 344 g/mol. The molecule has 0 spiro atoms. The van der Waals surface area contributed by atoms with Crippen LogP contribution in [0.5, 0.6) is 0 Å². The fourth-order valence-electron chi connectivity index (χ4n) is 3.11. The van der Waals surface area contributed by atoms with Gasteiger partial charge in [-0.3, -0.25) is 0 Å². The van der Waals surface area contributed by atoms with Crippen LogP contribution >= 0.6 is 0 Å². The molecule has 0 saturated carbocycles. The topological polar surface area (TPSA) is 67.9 Å². The number of cyclic esters (lactones) is 2. The molecule has 2 fully saturated rings. The van der Waals surface area contributed by atoms with Gasteiger partial charge in [0.15, 0.2) is 5.57 Å². The van der Waals surface area contributed by atoms with E-state index in [9.17, 15) is 9.59 Å². The van der Waals surface area contributed by atoms with E-state index >= 15 is 0 Å². The molecule has 0 atom stereocenters. The predicted molar refractivity (Wildman–Crippen MR) is 95.1 cm³/mol. The van der Waals surface area contributed by atoms with E-state index in [0.29, 0.717) is 0 Å². The number of para-hydroxylation sites is 2. The number of esters is 2. The Labute approximate surface area is 147 Å². The first-order chi connectivity index (χ1) is 12.0. The first-order valence-electron chi connectivity index (χ1n) is 8.74. The van der Waals surface area contributed by atoms with Gasteiger partial charge < -0.3 is 19.7 Å². The molecule has 0 amide bonds. The summed E-state index contributed by atoms with van der Waals surface area (Å²) < 4.78 is 10.2. The van der Waals surface area contributed by atoms with Crippen molar-refractivity contribution >= 4 is 23.3 Å². The van der Waals surface area contributed by atoms with Gasteiger partial charge in [0.2, 0.25) is 0 Å². The van der Waals surface area contributed by atoms with Crippen LogP contribution in [0.15, 0.2) is 36.0 Å². The highest BCUT2D eigenvalue weighted by Crippen LogP contribution is 2.29. The van der Waals surface area contributed by atoms with Crippen molar-refractivity contribution in [1.29, 1.82) is 0 Å². The molecular weight excluding hydrogens is 320 g/mol. The highest BCUT2D eigenvalue weighted by Gasteiger charge is 2.39. The Morgan fingerprint density at radius 2 is 1.60 bits per heavy atom. The SMILES string of the molecule is CC1(C)OC(=O)C(=CNc2ccccc2N2CCCCCC2)C(=O)O1. The smallest absolute Gasteiger partial charge is 0.350 e. The van der Waals surface area contributed by atoms with E-state index < -0.39 is 17.7 Å². The molecular formula is C19H24N2O4. The number of nitrogens with zero attached hydrogens (tertiary/aromatic N) is 1. The van der Waals surface area contributed by atoms with E-state index in [0.717, 1.165) is 24.5 Å². The minimum absolute atomic E-state index is 0.134. The van der Waals surface area contributed by atoms with E-state index in [1.165, 1.54) is 45.7 Å². The normalized spacial score (nSPS) is 20.4. The second-order valence-electron chi connectivity index (χ2n) is 6.80. The van der Waals surface area contributed by atoms with Gasteiger partial charge in [-0.15, -0.1) is 0 Å². The predicted octanol–water partition coefficient (Wildman–Crippen LogP) is 3.20. The molecule has 0 aliphatic carbocycles. The van der Waals surface area contributed by atoms with E-state index in [1.807, 2.05) is 24.3 Å². The number of nitrogens with one attached hydrogen (secondary N) is 1. The zero-order valence-electron chi connectivity index (χ0n) is 14.7. The highest BCUT2D eigenvalue weighted by atomic mass is 16.7. The summed E-state index contributed by atoms with van der Waals surface area (Å²) in [5.41, 5.74) is 1.78. The molecule has 2 aliphatic rings. The van der Waals surface area contributed by atoms with Crippen LogP contribution in [0.3, 0.4) is 0 Å². The fraction of sp³-hybridized carbons (Fsp3) is 0.474. The summed E-state index contributed by atoms with van der Waals surface area (Å²) in [4.78, 5) is 26.4. The summed E-state index contributed by atoms with van der Waals surface area (Å²) in [5, 5.41) is 3.08. The molecule has 3 rings (SSSR count). The standard InChI is InChI=1S/C19H24N2O4/c1-19(2)24-17(22)14(18(23)25-19)13-20-15-9-5-6-10-16(15)21-11-7-3-4-8-12-21/h5-6,9-10,13,20H,3-4,7-8,11-12H2,1-2H3. The molecule has 6 nitrogen and oxygen atoms in total. The van der Waals surface area contributed by atoms with Crippen LogP contribution in [0, 0.1) is 0 Å². The molecule has 1 N–H and O–H groups in total. The summed E-state index contributed by atoms with van der Waals surface area (Å²) in [6.07, 6.45) is 6.22. The molecule has 134 valence electrons. The van der Waals surface area contributed by atoms with Crippen LogP contribution in [0.1, 0.15) is 39.5 Å². The number of benzene rings is 1. The van der Waals surface area contributed by atoms with Crippen molar-refractivity contribution in [2.24, 2.45) is 0 Å². The molecule has 2 aliphatic heterocycles. The first-order valence-corrected chi connectivity index (χ1v) is 8.74. The van der Waals surface area contributed by atoms with Crippen LogP contribution in [0.25, 0.3) is 0 Å². The van der Waals surface area contributed by atoms with Gasteiger partial charge in [-0.1, -0.05) is 25.0 Å². The van der Waals surface area contributed by atoms with Crippen molar-refractivity contribution in [2.45, 2.75) is 45.3 Å². The van der Waals surface area contributed by atoms with Crippen LogP contribution in [0.2, 0.25) is 0 Å². The molecule has 2 saturated heterocycles. The van der Waals surface area contributed by atoms with Crippen molar-refractivity contribution in [3.63, 3.8) is 0 Å². The molecule has 0 radical (unpaired) electrons. The average Bonchev–Trinajstić information content (AvgIpc) is 2.82. The number of hydrogen-bond donors (Lipinski definition) is 1. The molecule has 0 aromatic heterocycles. The molecule has 2 heterocycles. The van der Waals surface area contributed by atoms with Crippen molar-refractivity contribution in [2.75, 3.05) is 23.3 Å². The van der Waals surface area contributed by atoms with E-state index in [4.69, 9.17) is 9.47 Å². The number of carbonyl (C=O) groups is 2. The third kappa shape index (κ3) is 4.13. The largest absolute Gasteiger partial charge is 0.419 e. The maximum Gasteiger partial charge on any atom is 0.350 e. The lowest BCUT2D eigenvalue weighted by molar-refractivity contribution is -0.222. The first kappa shape index (κ1) is 17.3. The Morgan fingerprint density at radius 3 is 2.24 bits per heavy atom. The maximum atomic E-state index is 12.0. The summed E-state index contributed by atoms with van der Waals surface area (Å²) >= 11 is 0. The van der Waals surface area contributed by atoms with E-state index in [-0.39, 0.29) is 5.57 Å². The zero-order chi connectivity index (χ0) is 17.9. The van der Waals surface area contributed by atoms with Crippen LogP contribution < -0.4 is 10.2 Å². The Morgan fingerprint density at radius 1 is 1.00 bits per heavy atom. The van der Waals surface area contributed by atoms with Gasteiger partial charge in [0.25, 0.3) is 5.79 Å². The lowest BCUT2D eigenvalue weighted by Gasteiger charge is -2.30. The third-order valence-corrected chi connectivity index (χ3v) is 4.34. The Bertz CT molecular complexity index is 666. The maximum absolute atomic E-state index is 12.0. The van der Waals surface area contributed by atoms with Gasteiger partial charge in [0.05, 0.1) is 11.4 Å². The van der Waals surface area contributed by atoms with Gasteiger partial charge in [-0.25, -0.2) is 9.59 Å². The van der Waals surface area contributed by atoms with Crippen molar-refractivity contribution in [3.8, 4) is 0 Å². The molecule has 6 heteroatoms. The second kappa shape index (κ2) is 7.17. The fourth-order valence-corrected chi connectivity index (χ4v) is 3.11. The number of hydrogen-bond acceptors (Lipinski definition) is 6. The van der Waals surface area contributed by atoms with Crippen LogP contribution in [-0.2, 0) is 19.1 Å². The van der Waals surface area contributed by atoms with E-state index in [2.05, 4.69) is 10.2 Å². The summed E-state index contributed by atoms with van der Waals surface area (Å²) in [6.45, 7) is 5.07. The van der Waals surface area contributed by atoms with Crippen molar-refractivity contribution in [3.05, 3.63) is 36.0 Å². The summed E-state index contributed by atoms with van der Waals surface area (Å²) in [5.74, 6) is -2.59. The van der Waals surface area contributed by atoms with Crippen molar-refractivity contribution in [1.82, 2.24) is 0 Å². The summed E-state index contributed by atoms with van der Waals surface area (Å²) in [7, 11) is 0. The van der Waals surface area contributed by atoms with Crippen molar-refractivity contribution < 1.29 is 19.1 Å². The van der Waals surface area contributed by atoms with Crippen LogP contribution in [-0.4, -0.2) is 30.8 Å². The van der Waals surface area contributed by atoms with E-state index in [1.54, 1.807) is 0 Å². The monoisotopic (exact) mass is 344 g/mol. The van der Waals surface area contributed by atoms with Gasteiger partial charge in [-0.2, -0.15) is 0 Å². The van der Waals surface area contributed by atoms with Gasteiger partial charge in [0.1, 0.15) is 0 Å². The van der Waals surface area contributed by atoms with Crippen LogP contribution in [0.4, 0.5) is 11.4 Å². The minimum atomic E-state index is -1.23. The lowest BCUT2D eigenvalue weighted by Crippen LogP contribution is -2.42. The molecule has 0 bridgehead atoms.